The fourth-order valence-corrected chi connectivity index (χ4v) is 4.06. The number of fused-ring (bicyclic) bond motifs is 1. The summed E-state index contributed by atoms with van der Waals surface area (Å²) in [6.45, 7) is 0. The second kappa shape index (κ2) is 5.39. The summed E-state index contributed by atoms with van der Waals surface area (Å²) in [5.74, 6) is 1.39. The van der Waals surface area contributed by atoms with Crippen LogP contribution in [-0.2, 0) is 0 Å². The van der Waals surface area contributed by atoms with Crippen LogP contribution in [0.5, 0.6) is 0 Å². The first kappa shape index (κ1) is 13.2. The Hall–Kier alpha value is -1.46. The van der Waals surface area contributed by atoms with Crippen molar-refractivity contribution in [1.29, 1.82) is 0 Å². The van der Waals surface area contributed by atoms with Crippen LogP contribution in [0, 0.1) is 0 Å². The molecule has 1 fully saturated rings. The lowest BCUT2D eigenvalue weighted by atomic mass is 9.90. The summed E-state index contributed by atoms with van der Waals surface area (Å²) < 4.78 is 1.87. The Morgan fingerprint density at radius 3 is 2.57 bits per heavy atom. The molecule has 0 saturated heterocycles. The molecule has 4 rings (SSSR count). The van der Waals surface area contributed by atoms with Gasteiger partial charge in [0, 0.05) is 16.5 Å². The van der Waals surface area contributed by atoms with Crippen LogP contribution in [-0.4, -0.2) is 19.8 Å². The number of hydrogen-bond acceptors (Lipinski definition) is 4. The van der Waals surface area contributed by atoms with Crippen LogP contribution in [0.2, 0.25) is 5.02 Å². The van der Waals surface area contributed by atoms with Crippen LogP contribution in [0.3, 0.4) is 0 Å². The van der Waals surface area contributed by atoms with Crippen LogP contribution >= 0.6 is 22.9 Å². The van der Waals surface area contributed by atoms with E-state index in [0.717, 1.165) is 21.4 Å². The standard InChI is InChI=1S/C15H15ClN4S/c16-12-8-6-10(7-9-12)13-17-18-15-20(13)19-14(21-15)11-4-2-1-3-5-11/h6-9,11H,1-5H2. The molecule has 0 spiro atoms. The van der Waals surface area contributed by atoms with Crippen molar-refractivity contribution < 1.29 is 0 Å². The third-order valence-corrected chi connectivity index (χ3v) is 5.38. The van der Waals surface area contributed by atoms with Crippen molar-refractivity contribution in [3.63, 3.8) is 0 Å². The zero-order valence-electron chi connectivity index (χ0n) is 11.5. The molecule has 0 bridgehead atoms. The van der Waals surface area contributed by atoms with Gasteiger partial charge in [-0.3, -0.25) is 0 Å². The van der Waals surface area contributed by atoms with Gasteiger partial charge in [-0.15, -0.1) is 10.2 Å². The maximum atomic E-state index is 5.94. The van der Waals surface area contributed by atoms with E-state index in [-0.39, 0.29) is 0 Å². The molecule has 6 heteroatoms. The molecule has 3 aromatic rings. The Morgan fingerprint density at radius 2 is 1.81 bits per heavy atom. The smallest absolute Gasteiger partial charge is 0.183 e. The van der Waals surface area contributed by atoms with Crippen LogP contribution < -0.4 is 0 Å². The van der Waals surface area contributed by atoms with Gasteiger partial charge in [-0.1, -0.05) is 42.2 Å². The van der Waals surface area contributed by atoms with E-state index in [0.29, 0.717) is 5.92 Å². The lowest BCUT2D eigenvalue weighted by Gasteiger charge is -2.18. The fraction of sp³-hybridized carbons (Fsp3) is 0.400. The average Bonchev–Trinajstić information content (AvgIpc) is 3.09. The van der Waals surface area contributed by atoms with E-state index in [4.69, 9.17) is 16.7 Å². The van der Waals surface area contributed by atoms with Gasteiger partial charge in [0.15, 0.2) is 5.82 Å². The highest BCUT2D eigenvalue weighted by Gasteiger charge is 2.21. The van der Waals surface area contributed by atoms with Gasteiger partial charge in [0.2, 0.25) is 4.96 Å². The zero-order chi connectivity index (χ0) is 14.2. The van der Waals surface area contributed by atoms with Gasteiger partial charge < -0.3 is 0 Å². The molecule has 1 aliphatic carbocycles. The largest absolute Gasteiger partial charge is 0.234 e. The third-order valence-electron chi connectivity index (χ3n) is 4.06. The van der Waals surface area contributed by atoms with Crippen LogP contribution in [0.4, 0.5) is 0 Å². The number of nitrogens with zero attached hydrogens (tertiary/aromatic N) is 4. The minimum atomic E-state index is 0.600. The summed E-state index contributed by atoms with van der Waals surface area (Å²) in [7, 11) is 0. The first-order valence-corrected chi connectivity index (χ1v) is 8.49. The highest BCUT2D eigenvalue weighted by molar-refractivity contribution is 7.16. The molecule has 2 aromatic heterocycles. The van der Waals surface area contributed by atoms with Crippen molar-refractivity contribution >= 4 is 27.9 Å². The van der Waals surface area contributed by atoms with Crippen molar-refractivity contribution in [3.8, 4) is 11.4 Å². The number of benzene rings is 1. The summed E-state index contributed by atoms with van der Waals surface area (Å²) in [6.07, 6.45) is 6.49. The molecule has 0 aliphatic heterocycles. The first-order chi connectivity index (χ1) is 10.3. The molecule has 0 N–H and O–H groups in total. The summed E-state index contributed by atoms with van der Waals surface area (Å²) in [5.41, 5.74) is 0.993. The van der Waals surface area contributed by atoms with Crippen LogP contribution in [0.1, 0.15) is 43.0 Å². The van der Waals surface area contributed by atoms with Crippen molar-refractivity contribution in [1.82, 2.24) is 19.8 Å². The van der Waals surface area contributed by atoms with E-state index in [1.807, 2.05) is 28.8 Å². The summed E-state index contributed by atoms with van der Waals surface area (Å²) >= 11 is 7.62. The maximum absolute atomic E-state index is 5.94. The van der Waals surface area contributed by atoms with Gasteiger partial charge >= 0.3 is 0 Å². The molecule has 1 saturated carbocycles. The SMILES string of the molecule is Clc1ccc(-c2nnc3sc(C4CCCCC4)nn23)cc1. The average molecular weight is 319 g/mol. The van der Waals surface area contributed by atoms with Crippen molar-refractivity contribution in [3.05, 3.63) is 34.3 Å². The lowest BCUT2D eigenvalue weighted by Crippen LogP contribution is -2.04. The van der Waals surface area contributed by atoms with Crippen LogP contribution in [0.25, 0.3) is 16.3 Å². The van der Waals surface area contributed by atoms with E-state index in [1.165, 1.54) is 37.1 Å². The molecular weight excluding hydrogens is 304 g/mol. The summed E-state index contributed by atoms with van der Waals surface area (Å²) in [4.78, 5) is 0.875. The zero-order valence-corrected chi connectivity index (χ0v) is 13.1. The fourth-order valence-electron chi connectivity index (χ4n) is 2.93. The summed E-state index contributed by atoms with van der Waals surface area (Å²) in [5, 5.41) is 15.2. The maximum Gasteiger partial charge on any atom is 0.234 e. The number of rotatable bonds is 2. The Bertz CT molecular complexity index is 756. The Morgan fingerprint density at radius 1 is 1.05 bits per heavy atom. The van der Waals surface area contributed by atoms with Gasteiger partial charge in [-0.2, -0.15) is 9.61 Å². The van der Waals surface area contributed by atoms with E-state index in [2.05, 4.69) is 10.2 Å². The highest BCUT2D eigenvalue weighted by atomic mass is 35.5. The van der Waals surface area contributed by atoms with E-state index in [1.54, 1.807) is 11.3 Å². The Labute approximate surface area is 131 Å². The molecule has 4 nitrogen and oxygen atoms in total. The molecule has 21 heavy (non-hydrogen) atoms. The predicted octanol–water partition coefficient (Wildman–Crippen LogP) is 4.55. The van der Waals surface area contributed by atoms with Crippen molar-refractivity contribution in [2.75, 3.05) is 0 Å². The third kappa shape index (κ3) is 2.45. The monoisotopic (exact) mass is 318 g/mol. The van der Waals surface area contributed by atoms with Crippen molar-refractivity contribution in [2.45, 2.75) is 38.0 Å². The summed E-state index contributed by atoms with van der Waals surface area (Å²) in [6, 6.07) is 7.65. The number of aromatic nitrogens is 4. The normalized spacial score (nSPS) is 16.6. The second-order valence-corrected chi connectivity index (χ2v) is 6.92. The van der Waals surface area contributed by atoms with Crippen LogP contribution in [0.15, 0.2) is 24.3 Å². The van der Waals surface area contributed by atoms with Gasteiger partial charge in [-0.05, 0) is 37.1 Å². The van der Waals surface area contributed by atoms with E-state index >= 15 is 0 Å². The molecule has 2 heterocycles. The van der Waals surface area contributed by atoms with Gasteiger partial charge in [0.1, 0.15) is 5.01 Å². The quantitative estimate of drug-likeness (QED) is 0.696. The molecule has 1 aromatic carbocycles. The first-order valence-electron chi connectivity index (χ1n) is 7.29. The van der Waals surface area contributed by atoms with E-state index in [9.17, 15) is 0 Å². The molecule has 1 aliphatic rings. The molecule has 0 unspecified atom stereocenters. The topological polar surface area (TPSA) is 43.1 Å². The Balaban J connectivity index is 1.73. The molecular formula is C15H15ClN4S. The predicted molar refractivity (Wildman–Crippen MR) is 84.9 cm³/mol. The molecule has 0 radical (unpaired) electrons. The number of hydrogen-bond donors (Lipinski definition) is 0. The molecule has 0 atom stereocenters. The number of halogens is 1. The minimum Gasteiger partial charge on any atom is -0.183 e. The lowest BCUT2D eigenvalue weighted by molar-refractivity contribution is 0.440. The van der Waals surface area contributed by atoms with Gasteiger partial charge in [0.05, 0.1) is 0 Å². The van der Waals surface area contributed by atoms with Gasteiger partial charge in [0.25, 0.3) is 0 Å². The van der Waals surface area contributed by atoms with Crippen molar-refractivity contribution in [2.24, 2.45) is 0 Å². The van der Waals surface area contributed by atoms with E-state index < -0.39 is 0 Å². The molecule has 108 valence electrons. The highest BCUT2D eigenvalue weighted by Crippen LogP contribution is 2.35. The second-order valence-electron chi connectivity index (χ2n) is 5.50. The minimum absolute atomic E-state index is 0.600. The van der Waals surface area contributed by atoms with Gasteiger partial charge in [-0.25, -0.2) is 0 Å². The Kier molecular flexibility index (Phi) is 3.39. The molecule has 0 amide bonds.